The Bertz CT molecular complexity index is 466. The fraction of sp³-hybridized carbons (Fsp3) is 0.333. The lowest BCUT2D eigenvalue weighted by Gasteiger charge is -2.19. The fourth-order valence-corrected chi connectivity index (χ4v) is 1.97. The average molecular weight is 344 g/mol. The second-order valence-electron chi connectivity index (χ2n) is 3.76. The molecule has 17 heavy (non-hydrogen) atoms. The maximum atomic E-state index is 10.8. The largest absolute Gasteiger partial charge is 0.391 e. The van der Waals surface area contributed by atoms with Crippen molar-refractivity contribution in [2.75, 3.05) is 5.32 Å². The van der Waals surface area contributed by atoms with E-state index in [2.05, 4.69) is 34.0 Å². The number of aliphatic hydroxyl groups is 1. The van der Waals surface area contributed by atoms with Crippen molar-refractivity contribution in [2.24, 2.45) is 0 Å². The lowest BCUT2D eigenvalue weighted by Crippen LogP contribution is -2.33. The summed E-state index contributed by atoms with van der Waals surface area (Å²) in [5.74, 6) is 0. The van der Waals surface area contributed by atoms with E-state index >= 15 is 0 Å². The zero-order chi connectivity index (χ0) is 13.0. The third kappa shape index (κ3) is 3.17. The molecule has 1 aromatic rings. The van der Waals surface area contributed by atoms with Gasteiger partial charge in [0.25, 0.3) is 0 Å². The summed E-state index contributed by atoms with van der Waals surface area (Å²) in [6.45, 7) is 3.42. The van der Waals surface area contributed by atoms with Crippen LogP contribution in [0.25, 0.3) is 0 Å². The molecule has 5 heteroatoms. The number of rotatable bonds is 4. The third-order valence-corrected chi connectivity index (χ3v) is 3.89. The Kier molecular flexibility index (Phi) is 4.90. The third-order valence-electron chi connectivity index (χ3n) is 2.50. The molecule has 2 N–H and O–H groups in total. The van der Waals surface area contributed by atoms with Gasteiger partial charge in [0.15, 0.2) is 0 Å². The Balaban J connectivity index is 3.05. The first kappa shape index (κ1) is 13.9. The van der Waals surface area contributed by atoms with Gasteiger partial charge >= 0.3 is 0 Å². The summed E-state index contributed by atoms with van der Waals surface area (Å²) in [7, 11) is 0. The molecule has 0 bridgehead atoms. The molecule has 0 unspecified atom stereocenters. The first-order chi connectivity index (χ1) is 8.01. The molecule has 90 valence electrons. The molecule has 0 radical (unpaired) electrons. The van der Waals surface area contributed by atoms with Gasteiger partial charge < -0.3 is 15.2 Å². The summed E-state index contributed by atoms with van der Waals surface area (Å²) in [5, 5.41) is 21.2. The van der Waals surface area contributed by atoms with E-state index < -0.39 is 12.1 Å². The van der Waals surface area contributed by atoms with Crippen LogP contribution in [0.2, 0.25) is 0 Å². The molecule has 0 aliphatic heterocycles. The monoisotopic (exact) mass is 344 g/mol. The van der Waals surface area contributed by atoms with Crippen LogP contribution in [0, 0.1) is 21.8 Å². The minimum atomic E-state index is -0.764. The van der Waals surface area contributed by atoms with Gasteiger partial charge in [-0.25, -0.2) is 0 Å². The summed E-state index contributed by atoms with van der Waals surface area (Å²) >= 11 is 2.09. The minimum absolute atomic E-state index is 0.605. The molecule has 0 amide bonds. The van der Waals surface area contributed by atoms with Crippen molar-refractivity contribution in [3.05, 3.63) is 26.8 Å². The number of carbonyl (C=O) groups is 1. The summed E-state index contributed by atoms with van der Waals surface area (Å²) in [4.78, 5) is 10.8. The first-order valence-electron chi connectivity index (χ1n) is 5.10. The van der Waals surface area contributed by atoms with Gasteiger partial charge in [-0.1, -0.05) is 0 Å². The number of nitriles is 1. The van der Waals surface area contributed by atoms with Gasteiger partial charge in [0.1, 0.15) is 18.4 Å². The molecule has 0 spiro atoms. The van der Waals surface area contributed by atoms with E-state index in [1.807, 2.05) is 6.92 Å². The SMILES string of the molecule is Cc1c(N[C@@H](C=O)[C@H](C)O)ccc(C#N)c1I. The summed E-state index contributed by atoms with van der Waals surface area (Å²) in [5.41, 5.74) is 2.26. The number of hydrogen-bond acceptors (Lipinski definition) is 4. The smallest absolute Gasteiger partial charge is 0.144 e. The van der Waals surface area contributed by atoms with Gasteiger partial charge in [-0.15, -0.1) is 0 Å². The number of nitrogens with zero attached hydrogens (tertiary/aromatic N) is 1. The number of aldehydes is 1. The molecular formula is C12H13IN2O2. The van der Waals surface area contributed by atoms with Crippen molar-refractivity contribution in [3.63, 3.8) is 0 Å². The van der Waals surface area contributed by atoms with E-state index in [9.17, 15) is 9.90 Å². The topological polar surface area (TPSA) is 73.1 Å². The Morgan fingerprint density at radius 1 is 1.59 bits per heavy atom. The van der Waals surface area contributed by atoms with Crippen LogP contribution in [-0.4, -0.2) is 23.5 Å². The zero-order valence-electron chi connectivity index (χ0n) is 9.57. The molecule has 0 aliphatic carbocycles. The molecule has 0 saturated carbocycles. The number of hydrogen-bond donors (Lipinski definition) is 2. The lowest BCUT2D eigenvalue weighted by molar-refractivity contribution is -0.110. The summed E-state index contributed by atoms with van der Waals surface area (Å²) in [6, 6.07) is 4.90. The molecule has 0 aliphatic rings. The van der Waals surface area contributed by atoms with Crippen LogP contribution in [0.3, 0.4) is 0 Å². The van der Waals surface area contributed by atoms with Gasteiger partial charge in [-0.3, -0.25) is 0 Å². The van der Waals surface area contributed by atoms with Crippen molar-refractivity contribution in [1.29, 1.82) is 5.26 Å². The highest BCUT2D eigenvalue weighted by atomic mass is 127. The van der Waals surface area contributed by atoms with Crippen LogP contribution in [0.15, 0.2) is 12.1 Å². The quantitative estimate of drug-likeness (QED) is 0.646. The normalized spacial score (nSPS) is 13.6. The van der Waals surface area contributed by atoms with E-state index in [1.54, 1.807) is 19.1 Å². The molecule has 4 nitrogen and oxygen atoms in total. The zero-order valence-corrected chi connectivity index (χ0v) is 11.7. The molecule has 2 atom stereocenters. The highest BCUT2D eigenvalue weighted by Gasteiger charge is 2.15. The van der Waals surface area contributed by atoms with Gasteiger partial charge in [-0.05, 0) is 54.1 Å². The number of carbonyl (C=O) groups excluding carboxylic acids is 1. The molecule has 0 aromatic heterocycles. The first-order valence-corrected chi connectivity index (χ1v) is 6.18. The van der Waals surface area contributed by atoms with E-state index in [0.29, 0.717) is 11.8 Å². The maximum Gasteiger partial charge on any atom is 0.144 e. The average Bonchev–Trinajstić information content (AvgIpc) is 2.30. The number of halogens is 1. The predicted octanol–water partition coefficient (Wildman–Crippen LogP) is 1.83. The number of nitrogens with one attached hydrogen (secondary N) is 1. The number of benzene rings is 1. The van der Waals surface area contributed by atoms with Gasteiger partial charge in [0.2, 0.25) is 0 Å². The molecule has 0 saturated heterocycles. The Morgan fingerprint density at radius 3 is 2.71 bits per heavy atom. The van der Waals surface area contributed by atoms with Crippen molar-refractivity contribution in [1.82, 2.24) is 0 Å². The minimum Gasteiger partial charge on any atom is -0.391 e. The lowest BCUT2D eigenvalue weighted by atomic mass is 10.1. The van der Waals surface area contributed by atoms with Crippen LogP contribution in [0.4, 0.5) is 5.69 Å². The van der Waals surface area contributed by atoms with Crippen molar-refractivity contribution in [2.45, 2.75) is 26.0 Å². The van der Waals surface area contributed by atoms with Crippen LogP contribution in [-0.2, 0) is 4.79 Å². The predicted molar refractivity (Wildman–Crippen MR) is 73.8 cm³/mol. The van der Waals surface area contributed by atoms with Crippen LogP contribution < -0.4 is 5.32 Å². The van der Waals surface area contributed by atoms with Crippen LogP contribution in [0.1, 0.15) is 18.1 Å². The molecular weight excluding hydrogens is 331 g/mol. The standard InChI is InChI=1S/C12H13IN2O2/c1-7-10(15-11(6-16)8(2)17)4-3-9(5-14)12(7)13/h3-4,6,8,11,15,17H,1-2H3/t8-,11-/m0/s1. The second kappa shape index (κ2) is 5.98. The van der Waals surface area contributed by atoms with Crippen molar-refractivity contribution < 1.29 is 9.90 Å². The van der Waals surface area contributed by atoms with Crippen molar-refractivity contribution >= 4 is 34.6 Å². The maximum absolute atomic E-state index is 10.8. The molecule has 1 rings (SSSR count). The number of anilines is 1. The van der Waals surface area contributed by atoms with Gasteiger partial charge in [-0.2, -0.15) is 5.26 Å². The second-order valence-corrected chi connectivity index (χ2v) is 4.84. The van der Waals surface area contributed by atoms with Crippen LogP contribution >= 0.6 is 22.6 Å². The molecule has 0 fully saturated rings. The summed E-state index contributed by atoms with van der Waals surface area (Å²) in [6.07, 6.45) is -0.0879. The van der Waals surface area contributed by atoms with E-state index in [-0.39, 0.29) is 0 Å². The van der Waals surface area contributed by atoms with Crippen molar-refractivity contribution in [3.8, 4) is 6.07 Å². The van der Waals surface area contributed by atoms with E-state index in [0.717, 1.165) is 14.8 Å². The Morgan fingerprint density at radius 2 is 2.24 bits per heavy atom. The molecule has 0 heterocycles. The van der Waals surface area contributed by atoms with Gasteiger partial charge in [0, 0.05) is 9.26 Å². The summed E-state index contributed by atoms with van der Waals surface area (Å²) < 4.78 is 0.852. The van der Waals surface area contributed by atoms with E-state index in [1.165, 1.54) is 0 Å². The Hall–Kier alpha value is -1.13. The van der Waals surface area contributed by atoms with Gasteiger partial charge in [0.05, 0.1) is 11.7 Å². The van der Waals surface area contributed by atoms with Crippen LogP contribution in [0.5, 0.6) is 0 Å². The van der Waals surface area contributed by atoms with E-state index in [4.69, 9.17) is 5.26 Å². The highest BCUT2D eigenvalue weighted by molar-refractivity contribution is 14.1. The number of aliphatic hydroxyl groups excluding tert-OH is 1. The Labute approximate surface area is 114 Å². The fourth-order valence-electron chi connectivity index (χ4n) is 1.38. The molecule has 1 aromatic carbocycles. The highest BCUT2D eigenvalue weighted by Crippen LogP contribution is 2.24.